The molecule has 1 aliphatic carbocycles. The molecule has 0 radical (unpaired) electrons. The van der Waals surface area contributed by atoms with Gasteiger partial charge in [-0.1, -0.05) is 61.5 Å². The van der Waals surface area contributed by atoms with Crippen molar-refractivity contribution in [3.05, 3.63) is 77.7 Å². The third kappa shape index (κ3) is 4.66. The average molecular weight is 497 g/mol. The van der Waals surface area contributed by atoms with Crippen molar-refractivity contribution in [3.63, 3.8) is 0 Å². The van der Waals surface area contributed by atoms with Crippen molar-refractivity contribution in [2.45, 2.75) is 38.9 Å². The largest absolute Gasteiger partial charge is 0.445 e. The summed E-state index contributed by atoms with van der Waals surface area (Å²) >= 11 is 0. The zero-order valence-electron chi connectivity index (χ0n) is 20.0. The number of hydrogen-bond acceptors (Lipinski definition) is 7. The highest BCUT2D eigenvalue weighted by Crippen LogP contribution is 2.45. The quantitative estimate of drug-likeness (QED) is 0.480. The van der Waals surface area contributed by atoms with Gasteiger partial charge in [-0.25, -0.2) is 18.1 Å². The molecule has 2 heterocycles. The lowest BCUT2D eigenvalue weighted by Gasteiger charge is -2.38. The maximum atomic E-state index is 14.3. The van der Waals surface area contributed by atoms with Gasteiger partial charge in [0, 0.05) is 30.0 Å². The summed E-state index contributed by atoms with van der Waals surface area (Å²) < 4.78 is 40.3. The topological polar surface area (TPSA) is 127 Å². The van der Waals surface area contributed by atoms with E-state index in [4.69, 9.17) is 8.94 Å². The number of sulfonamides is 1. The van der Waals surface area contributed by atoms with Gasteiger partial charge in [-0.05, 0) is 25.0 Å². The lowest BCUT2D eigenvalue weighted by Crippen LogP contribution is -2.53. The normalized spacial score (nSPS) is 18.2. The molecule has 2 N–H and O–H groups in total. The van der Waals surface area contributed by atoms with Gasteiger partial charge in [0.15, 0.2) is 0 Å². The Morgan fingerprint density at radius 3 is 2.51 bits per heavy atom. The van der Waals surface area contributed by atoms with E-state index < -0.39 is 14.8 Å². The van der Waals surface area contributed by atoms with Gasteiger partial charge in [0.2, 0.25) is 27.7 Å². The summed E-state index contributed by atoms with van der Waals surface area (Å²) in [5.74, 6) is -0.228. The Hall–Kier alpha value is -3.66. The Morgan fingerprint density at radius 1 is 1.17 bits per heavy atom. The zero-order chi connectivity index (χ0) is 25.2. The number of carbonyl (C=O) groups is 1. The van der Waals surface area contributed by atoms with Crippen molar-refractivity contribution < 1.29 is 22.2 Å². The SMILES string of the molecule is Cc1noc(NS(=O)(=O)C2(CNC(=O)C(C)C)CC(c3ncco3)=CC=C2c2ccccc2)c1C. The molecular formula is C25H28N4O5S. The fourth-order valence-corrected chi connectivity index (χ4v) is 5.67. The van der Waals surface area contributed by atoms with Crippen LogP contribution in [0.15, 0.2) is 63.9 Å². The van der Waals surface area contributed by atoms with Gasteiger partial charge < -0.3 is 14.3 Å². The van der Waals surface area contributed by atoms with Crippen LogP contribution in [0.3, 0.4) is 0 Å². The van der Waals surface area contributed by atoms with E-state index in [0.717, 1.165) is 0 Å². The number of nitrogens with one attached hydrogen (secondary N) is 2. The van der Waals surface area contributed by atoms with E-state index in [1.165, 1.54) is 12.5 Å². The molecule has 1 amide bonds. The monoisotopic (exact) mass is 496 g/mol. The predicted octanol–water partition coefficient (Wildman–Crippen LogP) is 4.10. The van der Waals surface area contributed by atoms with Gasteiger partial charge in [0.05, 0.1) is 11.9 Å². The van der Waals surface area contributed by atoms with Gasteiger partial charge in [-0.2, -0.15) is 0 Å². The van der Waals surface area contributed by atoms with E-state index in [1.54, 1.807) is 39.8 Å². The Morgan fingerprint density at radius 2 is 1.91 bits per heavy atom. The van der Waals surface area contributed by atoms with E-state index in [1.807, 2.05) is 30.3 Å². The maximum Gasteiger partial charge on any atom is 0.247 e. The summed E-state index contributed by atoms with van der Waals surface area (Å²) in [7, 11) is -4.23. The molecule has 0 bridgehead atoms. The summed E-state index contributed by atoms with van der Waals surface area (Å²) in [5, 5.41) is 6.72. The second-order valence-electron chi connectivity index (χ2n) is 8.85. The van der Waals surface area contributed by atoms with E-state index >= 15 is 0 Å². The van der Waals surface area contributed by atoms with Crippen LogP contribution in [0.4, 0.5) is 5.88 Å². The van der Waals surface area contributed by atoms with Crippen molar-refractivity contribution in [2.24, 2.45) is 5.92 Å². The van der Waals surface area contributed by atoms with Crippen LogP contribution >= 0.6 is 0 Å². The van der Waals surface area contributed by atoms with Crippen LogP contribution in [0.5, 0.6) is 0 Å². The van der Waals surface area contributed by atoms with Crippen molar-refractivity contribution >= 4 is 33.0 Å². The molecule has 0 saturated heterocycles. The van der Waals surface area contributed by atoms with Gasteiger partial charge in [-0.3, -0.25) is 4.79 Å². The molecular weight excluding hydrogens is 468 g/mol. The smallest absolute Gasteiger partial charge is 0.247 e. The molecule has 1 unspecified atom stereocenters. The molecule has 4 rings (SSSR count). The lowest BCUT2D eigenvalue weighted by molar-refractivity contribution is -0.124. The number of nitrogens with zero attached hydrogens (tertiary/aromatic N) is 2. The minimum absolute atomic E-state index is 0.00805. The van der Waals surface area contributed by atoms with Crippen LogP contribution in [0.2, 0.25) is 0 Å². The molecule has 1 atom stereocenters. The fourth-order valence-electron chi connectivity index (χ4n) is 3.96. The number of hydrogen-bond donors (Lipinski definition) is 2. The second kappa shape index (κ2) is 9.53. The highest BCUT2D eigenvalue weighted by atomic mass is 32.2. The molecule has 0 fully saturated rings. The van der Waals surface area contributed by atoms with Crippen molar-refractivity contribution in [3.8, 4) is 0 Å². The molecule has 3 aromatic rings. The van der Waals surface area contributed by atoms with E-state index in [0.29, 0.717) is 33.9 Å². The van der Waals surface area contributed by atoms with Crippen LogP contribution in [0.25, 0.3) is 11.1 Å². The number of amides is 1. The summed E-state index contributed by atoms with van der Waals surface area (Å²) in [5.41, 5.74) is 2.99. The number of oxazole rings is 1. The van der Waals surface area contributed by atoms with Gasteiger partial charge >= 0.3 is 0 Å². The number of anilines is 1. The first-order valence-electron chi connectivity index (χ1n) is 11.2. The van der Waals surface area contributed by atoms with E-state index in [-0.39, 0.29) is 30.7 Å². The van der Waals surface area contributed by atoms with E-state index in [2.05, 4.69) is 20.2 Å². The Balaban J connectivity index is 1.89. The first kappa shape index (κ1) is 24.5. The molecule has 1 aromatic carbocycles. The Kier molecular flexibility index (Phi) is 6.66. The minimum atomic E-state index is -4.23. The first-order valence-corrected chi connectivity index (χ1v) is 12.7. The maximum absolute atomic E-state index is 14.3. The molecule has 0 saturated carbocycles. The third-order valence-corrected chi connectivity index (χ3v) is 8.17. The average Bonchev–Trinajstić information content (AvgIpc) is 3.49. The van der Waals surface area contributed by atoms with Crippen molar-refractivity contribution in [2.75, 3.05) is 11.3 Å². The second-order valence-corrected chi connectivity index (χ2v) is 10.8. The highest BCUT2D eigenvalue weighted by molar-refractivity contribution is 7.94. The van der Waals surface area contributed by atoms with Gasteiger partial charge in [0.1, 0.15) is 11.0 Å². The fraction of sp³-hybridized carbons (Fsp3) is 0.320. The van der Waals surface area contributed by atoms with E-state index in [9.17, 15) is 13.2 Å². The van der Waals surface area contributed by atoms with Gasteiger partial charge in [0.25, 0.3) is 0 Å². The number of aromatic nitrogens is 2. The standard InChI is InChI=1S/C25H28N4O5S/c1-16(2)22(30)27-15-25(35(31,32)29-23-17(3)18(4)28-34-23)14-20(24-26-12-13-33-24)10-11-21(25)19-8-6-5-7-9-19/h5-13,16,29H,14-15H2,1-4H3,(H,27,30). The molecule has 1 aliphatic rings. The molecule has 0 spiro atoms. The zero-order valence-corrected chi connectivity index (χ0v) is 20.8. The molecule has 9 nitrogen and oxygen atoms in total. The van der Waals surface area contributed by atoms with Crippen LogP contribution in [-0.4, -0.2) is 35.8 Å². The molecule has 10 heteroatoms. The Bertz CT molecular complexity index is 1370. The van der Waals surface area contributed by atoms with Crippen LogP contribution in [0.1, 0.15) is 43.0 Å². The molecule has 35 heavy (non-hydrogen) atoms. The summed E-state index contributed by atoms with van der Waals surface area (Å²) in [6.45, 7) is 6.79. The first-order chi connectivity index (χ1) is 16.6. The van der Waals surface area contributed by atoms with Gasteiger partial charge in [-0.15, -0.1) is 0 Å². The number of carbonyl (C=O) groups excluding carboxylic acids is 1. The molecule has 184 valence electrons. The summed E-state index contributed by atoms with van der Waals surface area (Å²) in [4.78, 5) is 16.8. The molecule has 2 aromatic heterocycles. The minimum Gasteiger partial charge on any atom is -0.445 e. The summed E-state index contributed by atoms with van der Waals surface area (Å²) in [6.07, 6.45) is 6.49. The van der Waals surface area contributed by atoms with Crippen LogP contribution in [0, 0.1) is 19.8 Å². The number of rotatable bonds is 8. The lowest BCUT2D eigenvalue weighted by atomic mass is 9.82. The van der Waals surface area contributed by atoms with Crippen molar-refractivity contribution in [1.29, 1.82) is 0 Å². The van der Waals surface area contributed by atoms with Crippen LogP contribution in [-0.2, 0) is 14.8 Å². The highest BCUT2D eigenvalue weighted by Gasteiger charge is 2.51. The predicted molar refractivity (Wildman–Crippen MR) is 133 cm³/mol. The van der Waals surface area contributed by atoms with Crippen LogP contribution < -0.4 is 10.0 Å². The number of benzene rings is 1. The molecule has 0 aliphatic heterocycles. The number of allylic oxidation sites excluding steroid dienone is 3. The van der Waals surface area contributed by atoms with Crippen molar-refractivity contribution in [1.82, 2.24) is 15.5 Å². The number of aryl methyl sites for hydroxylation is 1. The summed E-state index contributed by atoms with van der Waals surface area (Å²) in [6, 6.07) is 9.22. The Labute approximate surface area is 204 Å². The third-order valence-electron chi connectivity index (χ3n) is 6.18.